The first-order valence-electron chi connectivity index (χ1n) is 6.52. The van der Waals surface area contributed by atoms with E-state index in [0.717, 1.165) is 17.5 Å². The highest BCUT2D eigenvalue weighted by Gasteiger charge is 2.15. The molecule has 0 fully saturated rings. The molecule has 0 aliphatic carbocycles. The van der Waals surface area contributed by atoms with Crippen LogP contribution in [0.4, 0.5) is 5.88 Å². The largest absolute Gasteiger partial charge is 0.440 e. The lowest BCUT2D eigenvalue weighted by Crippen LogP contribution is -2.26. The van der Waals surface area contributed by atoms with Crippen LogP contribution in [0.1, 0.15) is 30.0 Å². The zero-order valence-corrected chi connectivity index (χ0v) is 11.6. The number of fused-ring (bicyclic) bond motifs is 1. The van der Waals surface area contributed by atoms with Gasteiger partial charge in [-0.05, 0) is 49.9 Å². The number of aryl methyl sites for hydroxylation is 2. The van der Waals surface area contributed by atoms with Crippen LogP contribution >= 0.6 is 0 Å². The molecule has 0 amide bonds. The van der Waals surface area contributed by atoms with Crippen LogP contribution in [0.5, 0.6) is 0 Å². The van der Waals surface area contributed by atoms with E-state index in [9.17, 15) is 4.79 Å². The van der Waals surface area contributed by atoms with E-state index in [1.807, 2.05) is 32.9 Å². The Labute approximate surface area is 112 Å². The van der Waals surface area contributed by atoms with Crippen molar-refractivity contribution >= 4 is 16.9 Å². The van der Waals surface area contributed by atoms with Crippen LogP contribution in [-0.2, 0) is 6.42 Å². The summed E-state index contributed by atoms with van der Waals surface area (Å²) in [5.41, 5.74) is 14.9. The number of rotatable bonds is 3. The fourth-order valence-electron chi connectivity index (χ4n) is 2.11. The Balaban J connectivity index is 2.67. The van der Waals surface area contributed by atoms with Gasteiger partial charge in [-0.15, -0.1) is 0 Å². The summed E-state index contributed by atoms with van der Waals surface area (Å²) in [6.45, 7) is 5.94. The van der Waals surface area contributed by atoms with Crippen LogP contribution in [0.15, 0.2) is 21.3 Å². The molecule has 1 aromatic heterocycles. The summed E-state index contributed by atoms with van der Waals surface area (Å²) >= 11 is 0. The average Bonchev–Trinajstić information content (AvgIpc) is 2.37. The van der Waals surface area contributed by atoms with Crippen LogP contribution in [0.3, 0.4) is 0 Å². The molecule has 0 radical (unpaired) electrons. The molecule has 0 spiro atoms. The molecule has 2 aromatic rings. The van der Waals surface area contributed by atoms with Crippen molar-refractivity contribution in [2.75, 3.05) is 5.73 Å². The Hall–Kier alpha value is -1.81. The van der Waals surface area contributed by atoms with Crippen LogP contribution in [0, 0.1) is 13.8 Å². The van der Waals surface area contributed by atoms with Crippen molar-refractivity contribution in [2.24, 2.45) is 5.73 Å². The molecular weight excluding hydrogens is 240 g/mol. The summed E-state index contributed by atoms with van der Waals surface area (Å²) in [6.07, 6.45) is 1.25. The van der Waals surface area contributed by atoms with Crippen molar-refractivity contribution in [2.45, 2.75) is 39.7 Å². The van der Waals surface area contributed by atoms with Gasteiger partial charge in [-0.2, -0.15) is 0 Å². The summed E-state index contributed by atoms with van der Waals surface area (Å²) in [4.78, 5) is 12.5. The van der Waals surface area contributed by atoms with Gasteiger partial charge in [0.05, 0.1) is 10.9 Å². The lowest BCUT2D eigenvalue weighted by atomic mass is 10.0. The van der Waals surface area contributed by atoms with Crippen molar-refractivity contribution < 1.29 is 4.42 Å². The summed E-state index contributed by atoms with van der Waals surface area (Å²) in [5.74, 6) is 0.185. The molecule has 2 rings (SSSR count). The van der Waals surface area contributed by atoms with Crippen molar-refractivity contribution in [3.8, 4) is 0 Å². The third-order valence-electron chi connectivity index (χ3n) is 3.62. The lowest BCUT2D eigenvalue weighted by Gasteiger charge is -2.11. The Kier molecular flexibility index (Phi) is 3.62. The summed E-state index contributed by atoms with van der Waals surface area (Å²) in [7, 11) is 0. The van der Waals surface area contributed by atoms with Gasteiger partial charge >= 0.3 is 0 Å². The Morgan fingerprint density at radius 2 is 1.89 bits per heavy atom. The minimum Gasteiger partial charge on any atom is -0.440 e. The van der Waals surface area contributed by atoms with E-state index in [-0.39, 0.29) is 17.4 Å². The summed E-state index contributed by atoms with van der Waals surface area (Å²) < 4.78 is 5.58. The van der Waals surface area contributed by atoms with Crippen LogP contribution in [0.2, 0.25) is 0 Å². The van der Waals surface area contributed by atoms with Crippen molar-refractivity contribution in [3.05, 3.63) is 39.0 Å². The number of benzene rings is 1. The topological polar surface area (TPSA) is 82.2 Å². The van der Waals surface area contributed by atoms with Crippen LogP contribution in [-0.4, -0.2) is 6.04 Å². The van der Waals surface area contributed by atoms with E-state index < -0.39 is 0 Å². The molecule has 102 valence electrons. The monoisotopic (exact) mass is 260 g/mol. The average molecular weight is 260 g/mol. The molecule has 0 bridgehead atoms. The second-order valence-electron chi connectivity index (χ2n) is 5.08. The third kappa shape index (κ3) is 2.49. The Bertz CT molecular complexity index is 674. The van der Waals surface area contributed by atoms with Gasteiger partial charge in [0.25, 0.3) is 0 Å². The second kappa shape index (κ2) is 5.05. The van der Waals surface area contributed by atoms with Crippen LogP contribution < -0.4 is 16.9 Å². The number of hydrogen-bond acceptors (Lipinski definition) is 4. The van der Waals surface area contributed by atoms with Gasteiger partial charge in [-0.1, -0.05) is 6.92 Å². The zero-order valence-electron chi connectivity index (χ0n) is 11.6. The number of nitrogen functional groups attached to an aromatic ring is 1. The third-order valence-corrected chi connectivity index (χ3v) is 3.62. The molecule has 1 aromatic carbocycles. The van der Waals surface area contributed by atoms with Gasteiger partial charge in [0.15, 0.2) is 11.3 Å². The lowest BCUT2D eigenvalue weighted by molar-refractivity contribution is 0.593. The molecule has 1 heterocycles. The quantitative estimate of drug-likeness (QED) is 0.887. The molecule has 1 atom stereocenters. The maximum atomic E-state index is 12.5. The molecule has 0 saturated carbocycles. The maximum absolute atomic E-state index is 12.5. The summed E-state index contributed by atoms with van der Waals surface area (Å²) in [5, 5.41) is 0.579. The summed E-state index contributed by atoms with van der Waals surface area (Å²) in [6, 6.07) is 3.64. The molecule has 4 heteroatoms. The number of anilines is 1. The SMILES string of the molecule is CCC(N)Cc1c(N)oc2cc(C)c(C)cc2c1=O. The van der Waals surface area contributed by atoms with Crippen molar-refractivity contribution in [1.82, 2.24) is 0 Å². The molecule has 4 N–H and O–H groups in total. The van der Waals surface area contributed by atoms with Crippen molar-refractivity contribution in [1.29, 1.82) is 0 Å². The fraction of sp³-hybridized carbons (Fsp3) is 0.400. The van der Waals surface area contributed by atoms with Crippen LogP contribution in [0.25, 0.3) is 11.0 Å². The predicted molar refractivity (Wildman–Crippen MR) is 78.3 cm³/mol. The standard InChI is InChI=1S/C15H20N2O2/c1-4-10(16)7-12-14(18)11-5-8(2)9(3)6-13(11)19-15(12)17/h5-6,10H,4,7,16-17H2,1-3H3. The van der Waals surface area contributed by atoms with E-state index in [1.54, 1.807) is 0 Å². The molecule has 0 aliphatic rings. The Morgan fingerprint density at radius 3 is 2.53 bits per heavy atom. The smallest absolute Gasteiger partial charge is 0.198 e. The normalized spacial score (nSPS) is 12.8. The number of nitrogens with two attached hydrogens (primary N) is 2. The minimum atomic E-state index is -0.0748. The highest BCUT2D eigenvalue weighted by Crippen LogP contribution is 2.21. The van der Waals surface area contributed by atoms with Gasteiger partial charge in [0.2, 0.25) is 0 Å². The zero-order chi connectivity index (χ0) is 14.2. The fourth-order valence-corrected chi connectivity index (χ4v) is 2.11. The van der Waals surface area contributed by atoms with Crippen molar-refractivity contribution in [3.63, 3.8) is 0 Å². The molecule has 0 saturated heterocycles. The minimum absolute atomic E-state index is 0.0641. The first-order valence-corrected chi connectivity index (χ1v) is 6.52. The first kappa shape index (κ1) is 13.6. The van der Waals surface area contributed by atoms with E-state index in [0.29, 0.717) is 23.0 Å². The van der Waals surface area contributed by atoms with E-state index in [1.165, 1.54) is 0 Å². The van der Waals surface area contributed by atoms with Gasteiger partial charge in [0.1, 0.15) is 5.58 Å². The molecular formula is C15H20N2O2. The van der Waals surface area contributed by atoms with Gasteiger partial charge in [0, 0.05) is 6.04 Å². The highest BCUT2D eigenvalue weighted by molar-refractivity contribution is 5.80. The Morgan fingerprint density at radius 1 is 1.26 bits per heavy atom. The van der Waals surface area contributed by atoms with Gasteiger partial charge in [-0.3, -0.25) is 4.79 Å². The highest BCUT2D eigenvalue weighted by atomic mass is 16.3. The predicted octanol–water partition coefficient (Wildman–Crippen LogP) is 2.27. The maximum Gasteiger partial charge on any atom is 0.198 e. The van der Waals surface area contributed by atoms with E-state index >= 15 is 0 Å². The second-order valence-corrected chi connectivity index (χ2v) is 5.08. The van der Waals surface area contributed by atoms with E-state index in [4.69, 9.17) is 15.9 Å². The molecule has 19 heavy (non-hydrogen) atoms. The van der Waals surface area contributed by atoms with E-state index in [2.05, 4.69) is 0 Å². The molecule has 4 nitrogen and oxygen atoms in total. The molecule has 0 aliphatic heterocycles. The molecule has 1 unspecified atom stereocenters. The number of hydrogen-bond donors (Lipinski definition) is 2. The van der Waals surface area contributed by atoms with Gasteiger partial charge in [-0.25, -0.2) is 0 Å². The van der Waals surface area contributed by atoms with Gasteiger partial charge < -0.3 is 15.9 Å². The first-order chi connectivity index (χ1) is 8.93.